The summed E-state index contributed by atoms with van der Waals surface area (Å²) in [6.45, 7) is 7.31. The number of aliphatic hydroxyl groups excluding tert-OH is 3. The second-order valence-corrected chi connectivity index (χ2v) is 11.0. The van der Waals surface area contributed by atoms with Crippen LogP contribution in [-0.2, 0) is 23.8 Å². The van der Waals surface area contributed by atoms with Crippen molar-refractivity contribution in [2.75, 3.05) is 66.3 Å². The Hall–Kier alpha value is -1.38. The van der Waals surface area contributed by atoms with E-state index in [1.165, 1.54) is 44.9 Å². The molecule has 12 nitrogen and oxygen atoms in total. The molecule has 264 valence electrons. The van der Waals surface area contributed by atoms with Gasteiger partial charge in [0.15, 0.2) is 0 Å². The number of carboxylic acids is 1. The predicted molar refractivity (Wildman–Crippen MR) is 174 cm³/mol. The average Bonchev–Trinajstić information content (AvgIpc) is 3.01. The van der Waals surface area contributed by atoms with E-state index < -0.39 is 24.3 Å². The average molecular weight is 638 g/mol. The summed E-state index contributed by atoms with van der Waals surface area (Å²) in [5, 5.41) is 42.1. The Bertz CT molecular complexity index is 591. The fourth-order valence-electron chi connectivity index (χ4n) is 4.72. The number of primary amides is 1. The molecule has 1 amide bonds. The summed E-state index contributed by atoms with van der Waals surface area (Å²) in [6.07, 6.45) is 16.4. The van der Waals surface area contributed by atoms with Crippen LogP contribution in [0.3, 0.4) is 0 Å². The van der Waals surface area contributed by atoms with Crippen LogP contribution in [0.1, 0.15) is 109 Å². The molecule has 3 atom stereocenters. The first-order valence-corrected chi connectivity index (χ1v) is 16.9. The second kappa shape index (κ2) is 37.8. The van der Waals surface area contributed by atoms with Crippen molar-refractivity contribution in [2.45, 2.75) is 127 Å². The van der Waals surface area contributed by atoms with Crippen LogP contribution in [-0.4, -0.2) is 117 Å². The molecule has 1 rings (SSSR count). The Morgan fingerprint density at radius 2 is 1.20 bits per heavy atom. The third-order valence-corrected chi connectivity index (χ3v) is 7.22. The van der Waals surface area contributed by atoms with Crippen molar-refractivity contribution >= 4 is 12.4 Å². The van der Waals surface area contributed by atoms with E-state index in [1.54, 1.807) is 0 Å². The Kier molecular flexibility index (Phi) is 38.4. The molecule has 8 N–H and O–H groups in total. The molecule has 0 aromatic rings. The summed E-state index contributed by atoms with van der Waals surface area (Å²) in [7, 11) is 1.00. The molecule has 0 saturated carbocycles. The Balaban J connectivity index is 0. The standard InChI is InChI=1S/C30H60N2O7.CH3NO.CH4O/c33-27-17-25-39-28(30(27)36)26-38-23-13-9-11-18-31-19-14-20-32-21-15-24-37-22-12-8-6-4-2-1-3-5-7-10-16-29(34)35;2-1-3;1-2/h27-28,30-33,36H,1-26H2,(H,34,35);1H,(H2,2,3);2H,1H3. The molecular formula is C32H67N3O9. The summed E-state index contributed by atoms with van der Waals surface area (Å²) in [5.41, 5.74) is 4.17. The van der Waals surface area contributed by atoms with Gasteiger partial charge in [0, 0.05) is 40.0 Å². The summed E-state index contributed by atoms with van der Waals surface area (Å²) in [4.78, 5) is 19.0. The first-order chi connectivity index (χ1) is 21.5. The Morgan fingerprint density at radius 3 is 1.80 bits per heavy atom. The van der Waals surface area contributed by atoms with E-state index in [4.69, 9.17) is 29.2 Å². The van der Waals surface area contributed by atoms with Gasteiger partial charge in [0.05, 0.1) is 12.7 Å². The first kappa shape index (κ1) is 44.7. The van der Waals surface area contributed by atoms with Gasteiger partial charge in [-0.2, -0.15) is 0 Å². The number of ether oxygens (including phenoxy) is 3. The monoisotopic (exact) mass is 637 g/mol. The highest BCUT2D eigenvalue weighted by atomic mass is 16.5. The van der Waals surface area contributed by atoms with Crippen molar-refractivity contribution in [3.05, 3.63) is 0 Å². The third kappa shape index (κ3) is 33.5. The third-order valence-electron chi connectivity index (χ3n) is 7.22. The summed E-state index contributed by atoms with van der Waals surface area (Å²) >= 11 is 0. The number of amides is 1. The molecule has 0 bridgehead atoms. The topological polar surface area (TPSA) is 193 Å². The number of rotatable bonds is 29. The maximum absolute atomic E-state index is 10.5. The molecule has 0 aromatic carbocycles. The number of hydrogen-bond acceptors (Lipinski definition) is 10. The molecule has 1 fully saturated rings. The zero-order chi connectivity index (χ0) is 32.9. The van der Waals surface area contributed by atoms with E-state index in [1.807, 2.05) is 0 Å². The van der Waals surface area contributed by atoms with Crippen LogP contribution in [0.4, 0.5) is 0 Å². The lowest BCUT2D eigenvalue weighted by Gasteiger charge is -2.31. The quantitative estimate of drug-likeness (QED) is 0.0471. The number of carbonyl (C=O) groups excluding carboxylic acids is 1. The largest absolute Gasteiger partial charge is 0.481 e. The van der Waals surface area contributed by atoms with E-state index in [9.17, 15) is 15.0 Å². The first-order valence-electron chi connectivity index (χ1n) is 16.9. The number of aliphatic hydroxyl groups is 3. The van der Waals surface area contributed by atoms with Gasteiger partial charge in [-0.3, -0.25) is 9.59 Å². The fraction of sp³-hybridized carbons (Fsp3) is 0.938. The molecule has 1 saturated heterocycles. The summed E-state index contributed by atoms with van der Waals surface area (Å²) in [6, 6.07) is 0. The van der Waals surface area contributed by atoms with Crippen LogP contribution >= 0.6 is 0 Å². The number of nitrogens with two attached hydrogens (primary N) is 1. The van der Waals surface area contributed by atoms with Crippen molar-refractivity contribution in [3.8, 4) is 0 Å². The lowest BCUT2D eigenvalue weighted by Crippen LogP contribution is -2.46. The van der Waals surface area contributed by atoms with Gasteiger partial charge in [-0.05, 0) is 77.5 Å². The van der Waals surface area contributed by atoms with Gasteiger partial charge in [0.1, 0.15) is 12.2 Å². The molecule has 3 unspecified atom stereocenters. The molecule has 0 aromatic heterocycles. The summed E-state index contributed by atoms with van der Waals surface area (Å²) < 4.78 is 16.8. The minimum Gasteiger partial charge on any atom is -0.481 e. The zero-order valence-electron chi connectivity index (χ0n) is 27.6. The Labute approximate surface area is 266 Å². The van der Waals surface area contributed by atoms with Gasteiger partial charge in [-0.1, -0.05) is 51.4 Å². The normalized spacial score (nSPS) is 17.7. The Morgan fingerprint density at radius 1 is 0.750 bits per heavy atom. The minimum atomic E-state index is -0.839. The lowest BCUT2D eigenvalue weighted by atomic mass is 10.0. The number of carbonyl (C=O) groups is 2. The van der Waals surface area contributed by atoms with Gasteiger partial charge >= 0.3 is 5.97 Å². The van der Waals surface area contributed by atoms with Crippen LogP contribution in [0.2, 0.25) is 0 Å². The van der Waals surface area contributed by atoms with Crippen molar-refractivity contribution in [3.63, 3.8) is 0 Å². The number of aliphatic carboxylic acids is 1. The number of hydrogen-bond donors (Lipinski definition) is 7. The highest BCUT2D eigenvalue weighted by Gasteiger charge is 2.31. The molecule has 1 aliphatic rings. The zero-order valence-corrected chi connectivity index (χ0v) is 27.6. The molecule has 44 heavy (non-hydrogen) atoms. The van der Waals surface area contributed by atoms with Crippen molar-refractivity contribution < 1.29 is 44.2 Å². The van der Waals surface area contributed by atoms with Crippen LogP contribution in [0, 0.1) is 0 Å². The molecule has 0 radical (unpaired) electrons. The van der Waals surface area contributed by atoms with E-state index in [2.05, 4.69) is 16.4 Å². The van der Waals surface area contributed by atoms with Crippen molar-refractivity contribution in [1.82, 2.24) is 10.6 Å². The molecule has 0 aliphatic carbocycles. The maximum atomic E-state index is 10.5. The number of nitrogens with one attached hydrogen (secondary N) is 2. The van der Waals surface area contributed by atoms with Gasteiger partial charge in [0.25, 0.3) is 0 Å². The van der Waals surface area contributed by atoms with Crippen LogP contribution in [0.5, 0.6) is 0 Å². The molecule has 1 heterocycles. The summed E-state index contributed by atoms with van der Waals surface area (Å²) in [5.74, 6) is -0.675. The fourth-order valence-corrected chi connectivity index (χ4v) is 4.72. The molecule has 12 heteroatoms. The van der Waals surface area contributed by atoms with Gasteiger partial charge < -0.3 is 51.0 Å². The van der Waals surface area contributed by atoms with Crippen molar-refractivity contribution in [2.24, 2.45) is 5.73 Å². The molecule has 0 spiro atoms. The highest BCUT2D eigenvalue weighted by Crippen LogP contribution is 2.15. The van der Waals surface area contributed by atoms with E-state index in [0.717, 1.165) is 97.9 Å². The van der Waals surface area contributed by atoms with Gasteiger partial charge in [-0.25, -0.2) is 0 Å². The predicted octanol–water partition coefficient (Wildman–Crippen LogP) is 2.75. The van der Waals surface area contributed by atoms with Gasteiger partial charge in [0.2, 0.25) is 6.41 Å². The van der Waals surface area contributed by atoms with Crippen LogP contribution in [0.25, 0.3) is 0 Å². The lowest BCUT2D eigenvalue weighted by molar-refractivity contribution is -0.154. The van der Waals surface area contributed by atoms with Gasteiger partial charge in [-0.15, -0.1) is 0 Å². The van der Waals surface area contributed by atoms with E-state index in [0.29, 0.717) is 32.7 Å². The van der Waals surface area contributed by atoms with Crippen LogP contribution in [0.15, 0.2) is 0 Å². The van der Waals surface area contributed by atoms with E-state index in [-0.39, 0.29) is 6.41 Å². The second-order valence-electron chi connectivity index (χ2n) is 11.0. The SMILES string of the molecule is CO.NC=O.O=C(O)CCCCCCCCCCCCOCCCNCCCNCCCCCOCC1OCCC(O)C1O. The van der Waals surface area contributed by atoms with Crippen molar-refractivity contribution in [1.29, 1.82) is 0 Å². The highest BCUT2D eigenvalue weighted by molar-refractivity contribution is 5.66. The number of carboxylic acid groups (broad SMARTS) is 1. The molecule has 1 aliphatic heterocycles. The van der Waals surface area contributed by atoms with E-state index >= 15 is 0 Å². The molecular weight excluding hydrogens is 570 g/mol. The maximum Gasteiger partial charge on any atom is 0.303 e. The minimum absolute atomic E-state index is 0.250. The smallest absolute Gasteiger partial charge is 0.303 e. The number of unbranched alkanes of at least 4 members (excludes halogenated alkanes) is 11. The van der Waals surface area contributed by atoms with Crippen LogP contribution < -0.4 is 16.4 Å².